The largest absolute Gasteiger partial charge is 0.465 e. The van der Waals surface area contributed by atoms with Gasteiger partial charge in [-0.25, -0.2) is 0 Å². The number of aliphatic hydroxyl groups excluding tert-OH is 1. The number of rotatable bonds is 6. The summed E-state index contributed by atoms with van der Waals surface area (Å²) in [6.07, 6.45) is 15.1. The Kier molecular flexibility index (Phi) is 7.61. The lowest BCUT2D eigenvalue weighted by Gasteiger charge is -2.42. The molecule has 6 atom stereocenters. The molecule has 4 saturated carbocycles. The number of carbonyl (C=O) groups is 2. The van der Waals surface area contributed by atoms with Crippen molar-refractivity contribution < 1.29 is 19.4 Å². The Bertz CT molecular complexity index is 686. The minimum atomic E-state index is -0.368. The third-order valence-corrected chi connectivity index (χ3v) is 9.74. The highest BCUT2D eigenvalue weighted by molar-refractivity contribution is 5.82. The van der Waals surface area contributed by atoms with E-state index in [2.05, 4.69) is 10.6 Å². The van der Waals surface area contributed by atoms with Crippen molar-refractivity contribution in [1.82, 2.24) is 10.6 Å². The number of carbonyl (C=O) groups excluding carboxylic acids is 2. The van der Waals surface area contributed by atoms with Gasteiger partial charge in [0, 0.05) is 17.9 Å². The topological polar surface area (TPSA) is 87.7 Å². The van der Waals surface area contributed by atoms with Crippen LogP contribution in [0.2, 0.25) is 0 Å². The molecule has 5 rings (SSSR count). The van der Waals surface area contributed by atoms with Crippen molar-refractivity contribution >= 4 is 11.9 Å². The number of ether oxygens (including phenoxy) is 1. The standard InChI is InChI=1S/C27H44N2O4/c30-25-22-11-10-21(14-20(22)12-13-28-25)29-26(31)24-15-23(24)18-6-8-19(9-7-18)27(32)33-16-17-4-2-1-3-5-17/h17-25,28,30H,1-16H2,(H,29,31). The lowest BCUT2D eigenvalue weighted by atomic mass is 9.72. The fraction of sp³-hybridized carbons (Fsp3) is 0.926. The molecule has 5 fully saturated rings. The van der Waals surface area contributed by atoms with Crippen LogP contribution in [0.5, 0.6) is 0 Å². The van der Waals surface area contributed by atoms with Crippen LogP contribution in [0.25, 0.3) is 0 Å². The van der Waals surface area contributed by atoms with Crippen LogP contribution in [-0.2, 0) is 14.3 Å². The second-order valence-corrected chi connectivity index (χ2v) is 11.9. The quantitative estimate of drug-likeness (QED) is 0.525. The zero-order valence-corrected chi connectivity index (χ0v) is 20.2. The summed E-state index contributed by atoms with van der Waals surface area (Å²) in [6.45, 7) is 1.51. The second kappa shape index (κ2) is 10.6. The zero-order chi connectivity index (χ0) is 22.8. The molecular weight excluding hydrogens is 416 g/mol. The van der Waals surface area contributed by atoms with Gasteiger partial charge in [-0.3, -0.25) is 14.9 Å². The molecule has 0 bridgehead atoms. The van der Waals surface area contributed by atoms with Crippen molar-refractivity contribution in [1.29, 1.82) is 0 Å². The molecule has 6 unspecified atom stereocenters. The summed E-state index contributed by atoms with van der Waals surface area (Å²) in [5, 5.41) is 16.7. The summed E-state index contributed by atoms with van der Waals surface area (Å²) < 4.78 is 5.70. The third-order valence-electron chi connectivity index (χ3n) is 9.74. The first-order valence-corrected chi connectivity index (χ1v) is 14.0. The van der Waals surface area contributed by atoms with Crippen LogP contribution < -0.4 is 10.6 Å². The first-order valence-electron chi connectivity index (χ1n) is 14.0. The molecule has 1 amide bonds. The number of esters is 1. The molecule has 0 aromatic carbocycles. The predicted molar refractivity (Wildman–Crippen MR) is 126 cm³/mol. The summed E-state index contributed by atoms with van der Waals surface area (Å²) in [4.78, 5) is 25.5. The second-order valence-electron chi connectivity index (χ2n) is 11.9. The molecular formula is C27H44N2O4. The highest BCUT2D eigenvalue weighted by Crippen LogP contribution is 2.50. The number of piperidine rings is 1. The molecule has 5 aliphatic rings. The number of hydrogen-bond donors (Lipinski definition) is 3. The van der Waals surface area contributed by atoms with Gasteiger partial charge in [0.05, 0.1) is 12.5 Å². The summed E-state index contributed by atoms with van der Waals surface area (Å²) in [6, 6.07) is 0.278. The lowest BCUT2D eigenvalue weighted by molar-refractivity contribution is -0.151. The van der Waals surface area contributed by atoms with Crippen molar-refractivity contribution in [3.8, 4) is 0 Å². The maximum atomic E-state index is 12.9. The summed E-state index contributed by atoms with van der Waals surface area (Å²) in [7, 11) is 0. The van der Waals surface area contributed by atoms with Crippen LogP contribution in [0, 0.1) is 41.4 Å². The molecule has 186 valence electrons. The number of nitrogens with one attached hydrogen (secondary N) is 2. The minimum Gasteiger partial charge on any atom is -0.465 e. The molecule has 0 aromatic rings. The predicted octanol–water partition coefficient (Wildman–Crippen LogP) is 3.77. The Labute approximate surface area is 199 Å². The highest BCUT2D eigenvalue weighted by Gasteiger charge is 2.49. The van der Waals surface area contributed by atoms with E-state index in [0.29, 0.717) is 36.2 Å². The molecule has 0 spiro atoms. The number of aliphatic hydroxyl groups is 1. The minimum absolute atomic E-state index is 0.0303. The van der Waals surface area contributed by atoms with E-state index >= 15 is 0 Å². The average molecular weight is 461 g/mol. The van der Waals surface area contributed by atoms with Crippen molar-refractivity contribution in [2.75, 3.05) is 13.2 Å². The Morgan fingerprint density at radius 3 is 2.42 bits per heavy atom. The number of amides is 1. The molecule has 0 aromatic heterocycles. The molecule has 3 N–H and O–H groups in total. The van der Waals surface area contributed by atoms with E-state index in [1.165, 1.54) is 32.1 Å². The molecule has 1 saturated heterocycles. The molecule has 4 aliphatic carbocycles. The monoisotopic (exact) mass is 460 g/mol. The van der Waals surface area contributed by atoms with Crippen molar-refractivity contribution in [3.05, 3.63) is 0 Å². The van der Waals surface area contributed by atoms with Gasteiger partial charge in [0.15, 0.2) is 0 Å². The first kappa shape index (κ1) is 23.6. The van der Waals surface area contributed by atoms with Crippen molar-refractivity contribution in [2.24, 2.45) is 41.4 Å². The van der Waals surface area contributed by atoms with Crippen molar-refractivity contribution in [2.45, 2.75) is 102 Å². The van der Waals surface area contributed by atoms with Gasteiger partial charge in [-0.2, -0.15) is 0 Å². The van der Waals surface area contributed by atoms with Crippen LogP contribution in [0.1, 0.15) is 89.9 Å². The zero-order valence-electron chi connectivity index (χ0n) is 20.2. The maximum Gasteiger partial charge on any atom is 0.308 e. The van der Waals surface area contributed by atoms with Gasteiger partial charge in [-0.15, -0.1) is 0 Å². The maximum absolute atomic E-state index is 12.9. The van der Waals surface area contributed by atoms with Crippen LogP contribution in [0.4, 0.5) is 0 Å². The van der Waals surface area contributed by atoms with Crippen LogP contribution >= 0.6 is 0 Å². The third kappa shape index (κ3) is 5.75. The normalized spacial score (nSPS) is 41.6. The Morgan fingerprint density at radius 1 is 0.848 bits per heavy atom. The van der Waals surface area contributed by atoms with E-state index in [9.17, 15) is 14.7 Å². The molecule has 6 heteroatoms. The van der Waals surface area contributed by atoms with E-state index in [-0.39, 0.29) is 36.0 Å². The van der Waals surface area contributed by atoms with Gasteiger partial charge in [0.2, 0.25) is 5.91 Å². The van der Waals surface area contributed by atoms with E-state index < -0.39 is 0 Å². The summed E-state index contributed by atoms with van der Waals surface area (Å²) in [5.41, 5.74) is 0. The van der Waals surface area contributed by atoms with Gasteiger partial charge < -0.3 is 15.2 Å². The Hall–Kier alpha value is -1.14. The van der Waals surface area contributed by atoms with E-state index in [4.69, 9.17) is 4.74 Å². The number of hydrogen-bond acceptors (Lipinski definition) is 5. The van der Waals surface area contributed by atoms with Gasteiger partial charge in [-0.1, -0.05) is 19.3 Å². The van der Waals surface area contributed by atoms with E-state index in [1.807, 2.05) is 0 Å². The first-order chi connectivity index (χ1) is 16.1. The SMILES string of the molecule is O=C(OCC1CCCCC1)C1CCC(C2CC2C(=O)NC2CCC3C(CCNC3O)C2)CC1. The highest BCUT2D eigenvalue weighted by atomic mass is 16.5. The number of fused-ring (bicyclic) bond motifs is 1. The average Bonchev–Trinajstić information content (AvgIpc) is 3.65. The summed E-state index contributed by atoms with van der Waals surface area (Å²) >= 11 is 0. The fourth-order valence-corrected chi connectivity index (χ4v) is 7.53. The van der Waals surface area contributed by atoms with Gasteiger partial charge in [0.1, 0.15) is 6.23 Å². The molecule has 1 heterocycles. The lowest BCUT2D eigenvalue weighted by Crippen LogP contribution is -2.51. The molecule has 33 heavy (non-hydrogen) atoms. The van der Waals surface area contributed by atoms with E-state index in [0.717, 1.165) is 64.3 Å². The van der Waals surface area contributed by atoms with Gasteiger partial charge in [0.25, 0.3) is 0 Å². The Morgan fingerprint density at radius 2 is 1.64 bits per heavy atom. The van der Waals surface area contributed by atoms with Crippen LogP contribution in [-0.4, -0.2) is 42.4 Å². The van der Waals surface area contributed by atoms with Crippen LogP contribution in [0.3, 0.4) is 0 Å². The summed E-state index contributed by atoms with van der Waals surface area (Å²) in [5.74, 6) is 3.12. The smallest absolute Gasteiger partial charge is 0.308 e. The Balaban J connectivity index is 1.00. The fourth-order valence-electron chi connectivity index (χ4n) is 7.53. The molecule has 6 nitrogen and oxygen atoms in total. The van der Waals surface area contributed by atoms with Crippen LogP contribution in [0.15, 0.2) is 0 Å². The van der Waals surface area contributed by atoms with Gasteiger partial charge in [-0.05, 0) is 101 Å². The van der Waals surface area contributed by atoms with Gasteiger partial charge >= 0.3 is 5.97 Å². The van der Waals surface area contributed by atoms with E-state index in [1.54, 1.807) is 0 Å². The molecule has 0 radical (unpaired) electrons. The molecule has 1 aliphatic heterocycles. The van der Waals surface area contributed by atoms with Crippen molar-refractivity contribution in [3.63, 3.8) is 0 Å².